The molecule has 0 radical (unpaired) electrons. The summed E-state index contributed by atoms with van der Waals surface area (Å²) in [5.41, 5.74) is 0.839. The van der Waals surface area contributed by atoms with Gasteiger partial charge in [-0.15, -0.1) is 11.8 Å². The second-order valence-corrected chi connectivity index (χ2v) is 8.42. The largest absolute Gasteiger partial charge is 0.354 e. The van der Waals surface area contributed by atoms with Crippen molar-refractivity contribution in [3.8, 4) is 0 Å². The topological polar surface area (TPSA) is 49.4 Å². The summed E-state index contributed by atoms with van der Waals surface area (Å²) >= 11 is 7.94. The second kappa shape index (κ2) is 12.6. The molecule has 2 amide bonds. The van der Waals surface area contributed by atoms with E-state index < -0.39 is 6.04 Å². The van der Waals surface area contributed by atoms with Crippen molar-refractivity contribution in [1.82, 2.24) is 10.2 Å². The Balaban J connectivity index is 2.04. The van der Waals surface area contributed by atoms with Crippen LogP contribution in [0.1, 0.15) is 38.7 Å². The average Bonchev–Trinajstić information content (AvgIpc) is 2.73. The lowest BCUT2D eigenvalue weighted by atomic mass is 10.1. The summed E-state index contributed by atoms with van der Waals surface area (Å²) in [6.45, 7) is 4.79. The number of halogens is 1. The van der Waals surface area contributed by atoms with Gasteiger partial charge in [0.15, 0.2) is 0 Å². The van der Waals surface area contributed by atoms with Gasteiger partial charge >= 0.3 is 0 Å². The molecule has 0 spiro atoms. The third-order valence-corrected chi connectivity index (χ3v) is 6.01. The molecule has 0 bridgehead atoms. The number of hydrogen-bond donors (Lipinski definition) is 1. The molecule has 0 aliphatic heterocycles. The fourth-order valence-electron chi connectivity index (χ4n) is 2.85. The van der Waals surface area contributed by atoms with Crippen LogP contribution >= 0.6 is 23.4 Å². The van der Waals surface area contributed by atoms with E-state index in [1.54, 1.807) is 29.7 Å². The highest BCUT2D eigenvalue weighted by molar-refractivity contribution is 7.99. The van der Waals surface area contributed by atoms with Gasteiger partial charge in [0.25, 0.3) is 0 Å². The summed E-state index contributed by atoms with van der Waals surface area (Å²) in [4.78, 5) is 28.4. The van der Waals surface area contributed by atoms with E-state index in [0.717, 1.165) is 23.3 Å². The number of thioether (sulfide) groups is 1. The molecular formula is C23H29ClN2O2S. The monoisotopic (exact) mass is 432 g/mol. The first-order chi connectivity index (χ1) is 14.0. The van der Waals surface area contributed by atoms with Crippen molar-refractivity contribution in [2.45, 2.75) is 50.6 Å². The van der Waals surface area contributed by atoms with Crippen LogP contribution in [0.15, 0.2) is 59.5 Å². The lowest BCUT2D eigenvalue weighted by Gasteiger charge is -2.29. The van der Waals surface area contributed by atoms with Crippen LogP contribution < -0.4 is 5.32 Å². The van der Waals surface area contributed by atoms with Crippen molar-refractivity contribution in [2.24, 2.45) is 0 Å². The molecule has 0 aromatic heterocycles. The van der Waals surface area contributed by atoms with Gasteiger partial charge in [0, 0.05) is 35.2 Å². The van der Waals surface area contributed by atoms with Gasteiger partial charge in [-0.3, -0.25) is 9.59 Å². The third kappa shape index (κ3) is 7.75. The fraction of sp³-hybridized carbons (Fsp3) is 0.391. The Morgan fingerprint density at radius 3 is 2.48 bits per heavy atom. The molecule has 0 aliphatic rings. The number of hydrogen-bond acceptors (Lipinski definition) is 3. The normalized spacial score (nSPS) is 11.7. The third-order valence-electron chi connectivity index (χ3n) is 4.62. The summed E-state index contributed by atoms with van der Waals surface area (Å²) < 4.78 is 0. The minimum absolute atomic E-state index is 0.0495. The summed E-state index contributed by atoms with van der Waals surface area (Å²) in [7, 11) is 0. The van der Waals surface area contributed by atoms with Crippen molar-refractivity contribution in [3.63, 3.8) is 0 Å². The first-order valence-electron chi connectivity index (χ1n) is 10.0. The molecule has 156 valence electrons. The Kier molecular flexibility index (Phi) is 10.1. The maximum absolute atomic E-state index is 13.0. The van der Waals surface area contributed by atoms with Gasteiger partial charge < -0.3 is 10.2 Å². The Morgan fingerprint density at radius 1 is 1.10 bits per heavy atom. The van der Waals surface area contributed by atoms with E-state index in [1.165, 1.54) is 0 Å². The molecule has 0 unspecified atom stereocenters. The predicted molar refractivity (Wildman–Crippen MR) is 121 cm³/mol. The zero-order chi connectivity index (χ0) is 21.1. The lowest BCUT2D eigenvalue weighted by molar-refractivity contribution is -0.140. The molecule has 0 aliphatic carbocycles. The zero-order valence-electron chi connectivity index (χ0n) is 17.1. The van der Waals surface area contributed by atoms with Crippen LogP contribution in [-0.4, -0.2) is 35.1 Å². The lowest BCUT2D eigenvalue weighted by Crippen LogP contribution is -2.47. The Morgan fingerprint density at radius 2 is 1.79 bits per heavy atom. The predicted octanol–water partition coefficient (Wildman–Crippen LogP) is 5.16. The summed E-state index contributed by atoms with van der Waals surface area (Å²) in [6, 6.07) is 16.9. The highest BCUT2D eigenvalue weighted by atomic mass is 35.5. The first kappa shape index (κ1) is 23.3. The number of unbranched alkanes of at least 4 members (excludes halogenated alkanes) is 1. The van der Waals surface area contributed by atoms with E-state index in [4.69, 9.17) is 11.6 Å². The molecule has 2 aromatic carbocycles. The van der Waals surface area contributed by atoms with Crippen molar-refractivity contribution in [1.29, 1.82) is 0 Å². The van der Waals surface area contributed by atoms with Crippen molar-refractivity contribution >= 4 is 35.2 Å². The number of benzene rings is 2. The van der Waals surface area contributed by atoms with Crippen LogP contribution in [0, 0.1) is 0 Å². The minimum atomic E-state index is -0.558. The first-order valence-corrected chi connectivity index (χ1v) is 11.4. The zero-order valence-corrected chi connectivity index (χ0v) is 18.6. The van der Waals surface area contributed by atoms with E-state index in [1.807, 2.05) is 48.5 Å². The van der Waals surface area contributed by atoms with Crippen LogP contribution in [0.25, 0.3) is 0 Å². The maximum Gasteiger partial charge on any atom is 0.242 e. The second-order valence-electron chi connectivity index (χ2n) is 6.85. The van der Waals surface area contributed by atoms with Crippen molar-refractivity contribution in [2.75, 3.05) is 12.3 Å². The number of nitrogens with one attached hydrogen (secondary N) is 1. The molecule has 0 fully saturated rings. The van der Waals surface area contributed by atoms with Crippen LogP contribution in [0.2, 0.25) is 5.02 Å². The highest BCUT2D eigenvalue weighted by Gasteiger charge is 2.26. The van der Waals surface area contributed by atoms with Crippen molar-refractivity contribution in [3.05, 3.63) is 65.2 Å². The molecule has 1 N–H and O–H groups in total. The molecule has 0 saturated carbocycles. The molecule has 2 aromatic rings. The van der Waals surface area contributed by atoms with Crippen LogP contribution in [0.4, 0.5) is 0 Å². The van der Waals surface area contributed by atoms with Gasteiger partial charge in [-0.2, -0.15) is 0 Å². The van der Waals surface area contributed by atoms with Gasteiger partial charge in [-0.25, -0.2) is 0 Å². The van der Waals surface area contributed by atoms with Gasteiger partial charge in [-0.05, 0) is 37.1 Å². The summed E-state index contributed by atoms with van der Waals surface area (Å²) in [5, 5.41) is 3.53. The Bertz CT molecular complexity index is 785. The molecule has 4 nitrogen and oxygen atoms in total. The average molecular weight is 433 g/mol. The van der Waals surface area contributed by atoms with Crippen LogP contribution in [0.3, 0.4) is 0 Å². The maximum atomic E-state index is 13.0. The quantitative estimate of drug-likeness (QED) is 0.394. The number of rotatable bonds is 11. The number of carbonyl (C=O) groups is 2. The van der Waals surface area contributed by atoms with E-state index >= 15 is 0 Å². The molecule has 1 atom stereocenters. The molecule has 2 rings (SSSR count). The Hall–Kier alpha value is -1.98. The minimum Gasteiger partial charge on any atom is -0.354 e. The van der Waals surface area contributed by atoms with Crippen LogP contribution in [-0.2, 0) is 16.1 Å². The number of amides is 2. The summed E-state index contributed by atoms with van der Waals surface area (Å²) in [5.74, 6) is 0.479. The standard InChI is InChI=1S/C23H29ClN2O2S/c1-3-4-15-25-23(28)18(2)26(17-19-10-8-9-13-21(19)24)22(27)14-16-29-20-11-6-5-7-12-20/h5-13,18H,3-4,14-17H2,1-2H3,(H,25,28)/t18-/m0/s1. The van der Waals surface area contributed by atoms with Gasteiger partial charge in [-0.1, -0.05) is 61.3 Å². The van der Waals surface area contributed by atoms with E-state index in [9.17, 15) is 9.59 Å². The number of carbonyl (C=O) groups excluding carboxylic acids is 2. The number of nitrogens with zero attached hydrogens (tertiary/aromatic N) is 1. The molecule has 0 heterocycles. The SMILES string of the molecule is CCCCNC(=O)[C@H](C)N(Cc1ccccc1Cl)C(=O)CCSc1ccccc1. The van der Waals surface area contributed by atoms with E-state index in [0.29, 0.717) is 30.3 Å². The fourth-order valence-corrected chi connectivity index (χ4v) is 3.90. The van der Waals surface area contributed by atoms with Gasteiger partial charge in [0.1, 0.15) is 6.04 Å². The van der Waals surface area contributed by atoms with Gasteiger partial charge in [0.05, 0.1) is 0 Å². The van der Waals surface area contributed by atoms with E-state index in [-0.39, 0.29) is 11.8 Å². The van der Waals surface area contributed by atoms with Gasteiger partial charge in [0.2, 0.25) is 11.8 Å². The molecule has 0 saturated heterocycles. The van der Waals surface area contributed by atoms with Crippen LogP contribution in [0.5, 0.6) is 0 Å². The van der Waals surface area contributed by atoms with Crippen molar-refractivity contribution < 1.29 is 9.59 Å². The molecule has 29 heavy (non-hydrogen) atoms. The smallest absolute Gasteiger partial charge is 0.242 e. The van der Waals surface area contributed by atoms with E-state index in [2.05, 4.69) is 12.2 Å². The molecule has 6 heteroatoms. The molecular weight excluding hydrogens is 404 g/mol. The summed E-state index contributed by atoms with van der Waals surface area (Å²) in [6.07, 6.45) is 2.29. The highest BCUT2D eigenvalue weighted by Crippen LogP contribution is 2.21. The Labute approximate surface area is 183 Å².